The van der Waals surface area contributed by atoms with Crippen molar-refractivity contribution in [1.29, 1.82) is 0 Å². The van der Waals surface area contributed by atoms with Crippen molar-refractivity contribution in [3.8, 4) is 0 Å². The van der Waals surface area contributed by atoms with Crippen molar-refractivity contribution in [3.63, 3.8) is 0 Å². The molecule has 0 saturated heterocycles. The smallest absolute Gasteiger partial charge is 0.0574 e. The second-order valence-corrected chi connectivity index (χ2v) is 4.77. The van der Waals surface area contributed by atoms with Gasteiger partial charge in [0.25, 0.3) is 0 Å². The Bertz CT molecular complexity index is 438. The molecule has 0 radical (unpaired) electrons. The van der Waals surface area contributed by atoms with Crippen LogP contribution in [0.1, 0.15) is 19.3 Å². The Kier molecular flexibility index (Phi) is 4.19. The summed E-state index contributed by atoms with van der Waals surface area (Å²) in [6, 6.07) is 8.51. The lowest BCUT2D eigenvalue weighted by molar-refractivity contribution is 0.283. The van der Waals surface area contributed by atoms with Gasteiger partial charge < -0.3 is 10.4 Å². The van der Waals surface area contributed by atoms with Crippen LogP contribution in [0.2, 0.25) is 0 Å². The Morgan fingerprint density at radius 3 is 2.94 bits per heavy atom. The first-order valence-electron chi connectivity index (χ1n) is 5.73. The van der Waals surface area contributed by atoms with Crippen LogP contribution in [0, 0.1) is 0 Å². The Morgan fingerprint density at radius 2 is 2.06 bits per heavy atom. The highest BCUT2D eigenvalue weighted by molar-refractivity contribution is 7.17. The van der Waals surface area contributed by atoms with Gasteiger partial charge in [0, 0.05) is 13.2 Å². The highest BCUT2D eigenvalue weighted by atomic mass is 32.1. The molecule has 0 unspecified atom stereocenters. The van der Waals surface area contributed by atoms with Crippen LogP contribution in [-0.2, 0) is 0 Å². The van der Waals surface area contributed by atoms with E-state index in [1.165, 1.54) is 15.8 Å². The van der Waals surface area contributed by atoms with Crippen molar-refractivity contribution in [1.82, 2.24) is 0 Å². The monoisotopic (exact) mass is 235 g/mol. The molecule has 2 rings (SSSR count). The van der Waals surface area contributed by atoms with Crippen molar-refractivity contribution in [2.45, 2.75) is 19.3 Å². The van der Waals surface area contributed by atoms with Crippen LogP contribution in [0.25, 0.3) is 10.1 Å². The van der Waals surface area contributed by atoms with E-state index in [9.17, 15) is 0 Å². The van der Waals surface area contributed by atoms with Crippen molar-refractivity contribution in [2.24, 2.45) is 0 Å². The minimum absolute atomic E-state index is 0.306. The van der Waals surface area contributed by atoms with E-state index in [-0.39, 0.29) is 0 Å². The predicted octanol–water partition coefficient (Wildman–Crippen LogP) is 3.48. The zero-order valence-electron chi connectivity index (χ0n) is 9.28. The maximum Gasteiger partial charge on any atom is 0.0574 e. The molecule has 2 aromatic rings. The van der Waals surface area contributed by atoms with Gasteiger partial charge in [-0.2, -0.15) is 0 Å². The van der Waals surface area contributed by atoms with Gasteiger partial charge in [0.05, 0.1) is 10.4 Å². The standard InChI is InChI=1S/C13H17NOS/c15-9-3-1-2-8-14-12-6-4-5-11-7-10-16-13(11)12/h4-7,10,14-15H,1-3,8-9H2. The van der Waals surface area contributed by atoms with Crippen molar-refractivity contribution in [3.05, 3.63) is 29.6 Å². The van der Waals surface area contributed by atoms with Gasteiger partial charge in [-0.3, -0.25) is 0 Å². The van der Waals surface area contributed by atoms with E-state index in [1.807, 2.05) is 0 Å². The molecule has 2 nitrogen and oxygen atoms in total. The average molecular weight is 235 g/mol. The Balaban J connectivity index is 1.91. The van der Waals surface area contributed by atoms with Crippen LogP contribution >= 0.6 is 11.3 Å². The summed E-state index contributed by atoms with van der Waals surface area (Å²) in [5, 5.41) is 15.6. The van der Waals surface area contributed by atoms with Crippen LogP contribution in [0.15, 0.2) is 29.6 Å². The first-order chi connectivity index (χ1) is 7.92. The zero-order chi connectivity index (χ0) is 11.2. The molecule has 0 fully saturated rings. The summed E-state index contributed by atoms with van der Waals surface area (Å²) in [4.78, 5) is 0. The third-order valence-electron chi connectivity index (χ3n) is 2.63. The number of thiophene rings is 1. The number of unbranched alkanes of at least 4 members (excludes halogenated alkanes) is 2. The molecule has 0 atom stereocenters. The molecule has 86 valence electrons. The molecule has 0 aliphatic heterocycles. The SMILES string of the molecule is OCCCCCNc1cccc2ccsc12. The van der Waals surface area contributed by atoms with Crippen LogP contribution in [-0.4, -0.2) is 18.3 Å². The molecule has 0 aliphatic rings. The highest BCUT2D eigenvalue weighted by Crippen LogP contribution is 2.28. The summed E-state index contributed by atoms with van der Waals surface area (Å²) in [5.41, 5.74) is 1.23. The number of rotatable bonds is 6. The van der Waals surface area contributed by atoms with Crippen molar-refractivity contribution < 1.29 is 5.11 Å². The maximum atomic E-state index is 8.68. The molecule has 0 bridgehead atoms. The summed E-state index contributed by atoms with van der Waals surface area (Å²) in [5.74, 6) is 0. The summed E-state index contributed by atoms with van der Waals surface area (Å²) < 4.78 is 1.34. The van der Waals surface area contributed by atoms with E-state index in [2.05, 4.69) is 35.0 Å². The molecule has 0 saturated carbocycles. The number of hydrogen-bond donors (Lipinski definition) is 2. The van der Waals surface area contributed by atoms with Crippen LogP contribution in [0.5, 0.6) is 0 Å². The molecule has 2 N–H and O–H groups in total. The van der Waals surface area contributed by atoms with E-state index < -0.39 is 0 Å². The molecule has 1 heterocycles. The Morgan fingerprint density at radius 1 is 1.12 bits per heavy atom. The fourth-order valence-corrected chi connectivity index (χ4v) is 2.66. The lowest BCUT2D eigenvalue weighted by atomic mass is 10.2. The largest absolute Gasteiger partial charge is 0.396 e. The van der Waals surface area contributed by atoms with E-state index in [4.69, 9.17) is 5.11 Å². The Labute approximate surface area is 99.9 Å². The minimum atomic E-state index is 0.306. The third-order valence-corrected chi connectivity index (χ3v) is 3.59. The number of anilines is 1. The Hall–Kier alpha value is -1.06. The summed E-state index contributed by atoms with van der Waals surface area (Å²) in [6.45, 7) is 1.29. The van der Waals surface area contributed by atoms with Gasteiger partial charge in [0.1, 0.15) is 0 Å². The lowest BCUT2D eigenvalue weighted by Gasteiger charge is -2.06. The number of nitrogens with one attached hydrogen (secondary N) is 1. The summed E-state index contributed by atoms with van der Waals surface area (Å²) in [6.07, 6.45) is 3.11. The molecule has 1 aromatic heterocycles. The molecular weight excluding hydrogens is 218 g/mol. The number of benzene rings is 1. The van der Waals surface area contributed by atoms with Gasteiger partial charge in [-0.05, 0) is 42.2 Å². The molecule has 16 heavy (non-hydrogen) atoms. The quantitative estimate of drug-likeness (QED) is 0.751. The summed E-state index contributed by atoms with van der Waals surface area (Å²) >= 11 is 1.78. The predicted molar refractivity (Wildman–Crippen MR) is 71.3 cm³/mol. The summed E-state index contributed by atoms with van der Waals surface area (Å²) in [7, 11) is 0. The van der Waals surface area contributed by atoms with Crippen molar-refractivity contribution in [2.75, 3.05) is 18.5 Å². The first-order valence-corrected chi connectivity index (χ1v) is 6.61. The van der Waals surface area contributed by atoms with Crippen LogP contribution < -0.4 is 5.32 Å². The van der Waals surface area contributed by atoms with E-state index in [0.717, 1.165) is 25.8 Å². The van der Waals surface area contributed by atoms with Crippen LogP contribution in [0.3, 0.4) is 0 Å². The van der Waals surface area contributed by atoms with Crippen molar-refractivity contribution >= 4 is 27.1 Å². The van der Waals surface area contributed by atoms with Gasteiger partial charge in [-0.1, -0.05) is 12.1 Å². The fourth-order valence-electron chi connectivity index (χ4n) is 1.77. The van der Waals surface area contributed by atoms with Gasteiger partial charge in [0.15, 0.2) is 0 Å². The minimum Gasteiger partial charge on any atom is -0.396 e. The molecule has 0 aliphatic carbocycles. The second kappa shape index (κ2) is 5.87. The van der Waals surface area contributed by atoms with Gasteiger partial charge in [-0.25, -0.2) is 0 Å². The average Bonchev–Trinajstić information content (AvgIpc) is 2.77. The van der Waals surface area contributed by atoms with E-state index in [0.29, 0.717) is 6.61 Å². The number of aliphatic hydroxyl groups is 1. The zero-order valence-corrected chi connectivity index (χ0v) is 10.1. The normalized spacial score (nSPS) is 10.8. The fraction of sp³-hybridized carbons (Fsp3) is 0.385. The van der Waals surface area contributed by atoms with Gasteiger partial charge in [0.2, 0.25) is 0 Å². The number of aliphatic hydroxyl groups excluding tert-OH is 1. The highest BCUT2D eigenvalue weighted by Gasteiger charge is 2.00. The second-order valence-electron chi connectivity index (χ2n) is 3.86. The third kappa shape index (κ3) is 2.74. The molecule has 0 spiro atoms. The maximum absolute atomic E-state index is 8.68. The number of fused-ring (bicyclic) bond motifs is 1. The van der Waals surface area contributed by atoms with Crippen LogP contribution in [0.4, 0.5) is 5.69 Å². The van der Waals surface area contributed by atoms with E-state index in [1.54, 1.807) is 11.3 Å². The van der Waals surface area contributed by atoms with E-state index >= 15 is 0 Å². The van der Waals surface area contributed by atoms with Gasteiger partial charge >= 0.3 is 0 Å². The topological polar surface area (TPSA) is 32.3 Å². The molecule has 1 aromatic carbocycles. The molecule has 0 amide bonds. The molecular formula is C13H17NOS. The van der Waals surface area contributed by atoms with Gasteiger partial charge in [-0.15, -0.1) is 11.3 Å². The first kappa shape index (κ1) is 11.4. The molecule has 3 heteroatoms. The number of hydrogen-bond acceptors (Lipinski definition) is 3. The lowest BCUT2D eigenvalue weighted by Crippen LogP contribution is -2.01.